The Morgan fingerprint density at radius 1 is 1.40 bits per heavy atom. The van der Waals surface area contributed by atoms with Gasteiger partial charge in [-0.15, -0.1) is 6.58 Å². The Bertz CT molecular complexity index is 529. The molecule has 2 N–H and O–H groups in total. The third-order valence-corrected chi connectivity index (χ3v) is 2.93. The Morgan fingerprint density at radius 3 is 2.70 bits per heavy atom. The molecular weight excluding hydrogens is 280 g/mol. The first kappa shape index (κ1) is 16.0. The van der Waals surface area contributed by atoms with Gasteiger partial charge in [0, 0.05) is 17.6 Å². The molecule has 2 amide bonds. The fourth-order valence-electron chi connectivity index (χ4n) is 1.52. The molecule has 6 heteroatoms. The molecule has 0 aliphatic carbocycles. The number of hydrogen-bond donors (Lipinski definition) is 2. The van der Waals surface area contributed by atoms with Crippen LogP contribution in [0.4, 0.5) is 5.69 Å². The maximum absolute atomic E-state index is 11.8. The summed E-state index contributed by atoms with van der Waals surface area (Å²) in [6.07, 6.45) is 1.28. The Kier molecular flexibility index (Phi) is 6.06. The molecule has 20 heavy (non-hydrogen) atoms. The first-order valence-corrected chi connectivity index (χ1v) is 6.37. The molecule has 0 aliphatic rings. The smallest absolute Gasteiger partial charge is 0.233 e. The molecule has 0 atom stereocenters. The van der Waals surface area contributed by atoms with Crippen molar-refractivity contribution in [1.82, 2.24) is 5.32 Å². The van der Waals surface area contributed by atoms with Crippen LogP contribution in [0.15, 0.2) is 24.8 Å². The van der Waals surface area contributed by atoms with Crippen molar-refractivity contribution >= 4 is 29.1 Å². The summed E-state index contributed by atoms with van der Waals surface area (Å²) >= 11 is 5.98. The van der Waals surface area contributed by atoms with Gasteiger partial charge in [0.25, 0.3) is 0 Å². The van der Waals surface area contributed by atoms with Crippen LogP contribution in [0.3, 0.4) is 0 Å². The van der Waals surface area contributed by atoms with Crippen LogP contribution in [-0.4, -0.2) is 25.5 Å². The number of anilines is 1. The van der Waals surface area contributed by atoms with Gasteiger partial charge < -0.3 is 15.4 Å². The number of carbonyl (C=O) groups is 2. The fourth-order valence-corrected chi connectivity index (χ4v) is 1.67. The third kappa shape index (κ3) is 4.59. The summed E-state index contributed by atoms with van der Waals surface area (Å²) < 4.78 is 5.14. The van der Waals surface area contributed by atoms with Crippen molar-refractivity contribution < 1.29 is 14.3 Å². The fraction of sp³-hybridized carbons (Fsp3) is 0.286. The van der Waals surface area contributed by atoms with Crippen LogP contribution in [0.25, 0.3) is 0 Å². The average molecular weight is 297 g/mol. The zero-order chi connectivity index (χ0) is 15.1. The lowest BCUT2D eigenvalue weighted by Gasteiger charge is -2.12. The molecule has 1 aromatic carbocycles. The summed E-state index contributed by atoms with van der Waals surface area (Å²) in [6.45, 7) is 5.62. The standard InChI is InChI=1S/C14H17ClN2O3/c1-4-5-16-13(18)8-14(19)17-11-6-9(2)10(15)7-12(11)20-3/h4,6-7H,1,5,8H2,2-3H3,(H,16,18)(H,17,19). The molecule has 0 radical (unpaired) electrons. The average Bonchev–Trinajstić information content (AvgIpc) is 2.40. The lowest BCUT2D eigenvalue weighted by atomic mass is 10.2. The number of halogens is 1. The van der Waals surface area contributed by atoms with Gasteiger partial charge in [-0.25, -0.2) is 0 Å². The number of rotatable bonds is 6. The van der Waals surface area contributed by atoms with Crippen molar-refractivity contribution in [2.75, 3.05) is 19.0 Å². The highest BCUT2D eigenvalue weighted by atomic mass is 35.5. The van der Waals surface area contributed by atoms with Crippen LogP contribution < -0.4 is 15.4 Å². The second-order valence-electron chi connectivity index (χ2n) is 4.12. The van der Waals surface area contributed by atoms with Gasteiger partial charge in [-0.05, 0) is 18.6 Å². The summed E-state index contributed by atoms with van der Waals surface area (Å²) in [5.41, 5.74) is 1.29. The minimum Gasteiger partial charge on any atom is -0.495 e. The molecule has 0 spiro atoms. The zero-order valence-corrected chi connectivity index (χ0v) is 12.2. The molecule has 0 saturated carbocycles. The van der Waals surface area contributed by atoms with E-state index in [-0.39, 0.29) is 12.3 Å². The van der Waals surface area contributed by atoms with Crippen LogP contribution in [-0.2, 0) is 9.59 Å². The van der Waals surface area contributed by atoms with Gasteiger partial charge in [-0.1, -0.05) is 17.7 Å². The van der Waals surface area contributed by atoms with Crippen molar-refractivity contribution in [2.45, 2.75) is 13.3 Å². The van der Waals surface area contributed by atoms with Gasteiger partial charge in [-0.2, -0.15) is 0 Å². The summed E-state index contributed by atoms with van der Waals surface area (Å²) in [6, 6.07) is 3.31. The Labute approximate surface area is 123 Å². The van der Waals surface area contributed by atoms with Gasteiger partial charge in [0.1, 0.15) is 12.2 Å². The molecule has 1 aromatic rings. The quantitative estimate of drug-likeness (QED) is 0.625. The number of methoxy groups -OCH3 is 1. The Hall–Kier alpha value is -2.01. The molecule has 0 aromatic heterocycles. The van der Waals surface area contributed by atoms with E-state index in [1.165, 1.54) is 7.11 Å². The molecule has 0 unspecified atom stereocenters. The van der Waals surface area contributed by atoms with Crippen molar-refractivity contribution in [3.05, 3.63) is 35.4 Å². The minimum atomic E-state index is -0.424. The molecule has 5 nitrogen and oxygen atoms in total. The molecule has 0 heterocycles. The zero-order valence-electron chi connectivity index (χ0n) is 11.5. The van der Waals surface area contributed by atoms with Gasteiger partial charge in [0.2, 0.25) is 11.8 Å². The van der Waals surface area contributed by atoms with E-state index in [1.807, 2.05) is 6.92 Å². The van der Waals surface area contributed by atoms with E-state index in [2.05, 4.69) is 17.2 Å². The third-order valence-electron chi connectivity index (χ3n) is 2.52. The molecule has 108 valence electrons. The number of ether oxygens (including phenoxy) is 1. The second-order valence-corrected chi connectivity index (χ2v) is 4.53. The van der Waals surface area contributed by atoms with Gasteiger partial charge in [0.05, 0.1) is 12.8 Å². The predicted octanol–water partition coefficient (Wildman–Crippen LogP) is 2.29. The molecule has 1 rings (SSSR count). The number of amides is 2. The van der Waals surface area contributed by atoms with Crippen LogP contribution in [0.2, 0.25) is 5.02 Å². The van der Waals surface area contributed by atoms with Crippen LogP contribution in [0, 0.1) is 6.92 Å². The van der Waals surface area contributed by atoms with Crippen molar-refractivity contribution in [1.29, 1.82) is 0 Å². The topological polar surface area (TPSA) is 67.4 Å². The Morgan fingerprint density at radius 2 is 2.10 bits per heavy atom. The number of aryl methyl sites for hydroxylation is 1. The van der Waals surface area contributed by atoms with Crippen molar-refractivity contribution in [2.24, 2.45) is 0 Å². The first-order valence-electron chi connectivity index (χ1n) is 5.99. The molecule has 0 saturated heterocycles. The van der Waals surface area contributed by atoms with Crippen LogP contribution >= 0.6 is 11.6 Å². The van der Waals surface area contributed by atoms with E-state index >= 15 is 0 Å². The lowest BCUT2D eigenvalue weighted by molar-refractivity contribution is -0.126. The lowest BCUT2D eigenvalue weighted by Crippen LogP contribution is -2.28. The largest absolute Gasteiger partial charge is 0.495 e. The van der Waals surface area contributed by atoms with Gasteiger partial charge >= 0.3 is 0 Å². The first-order chi connectivity index (χ1) is 9.47. The summed E-state index contributed by atoms with van der Waals surface area (Å²) in [5, 5.41) is 5.70. The van der Waals surface area contributed by atoms with E-state index in [0.29, 0.717) is 23.0 Å². The maximum Gasteiger partial charge on any atom is 0.233 e. The highest BCUT2D eigenvalue weighted by Crippen LogP contribution is 2.30. The van der Waals surface area contributed by atoms with Crippen LogP contribution in [0.5, 0.6) is 5.75 Å². The van der Waals surface area contributed by atoms with Crippen molar-refractivity contribution in [3.8, 4) is 5.75 Å². The molecule has 0 bridgehead atoms. The van der Waals surface area contributed by atoms with Gasteiger partial charge in [0.15, 0.2) is 0 Å². The molecule has 0 aliphatic heterocycles. The number of benzene rings is 1. The highest BCUT2D eigenvalue weighted by molar-refractivity contribution is 6.31. The Balaban J connectivity index is 2.72. The second kappa shape index (κ2) is 7.55. The van der Waals surface area contributed by atoms with E-state index in [1.54, 1.807) is 18.2 Å². The summed E-state index contributed by atoms with van der Waals surface area (Å²) in [4.78, 5) is 23.2. The maximum atomic E-state index is 11.8. The van der Waals surface area contributed by atoms with E-state index in [0.717, 1.165) is 5.56 Å². The van der Waals surface area contributed by atoms with E-state index in [4.69, 9.17) is 16.3 Å². The highest BCUT2D eigenvalue weighted by Gasteiger charge is 2.13. The SMILES string of the molecule is C=CCNC(=O)CC(=O)Nc1cc(C)c(Cl)cc1OC. The summed E-state index contributed by atoms with van der Waals surface area (Å²) in [5.74, 6) is -0.348. The number of nitrogens with one attached hydrogen (secondary N) is 2. The number of carbonyl (C=O) groups excluding carboxylic acids is 2. The van der Waals surface area contributed by atoms with E-state index < -0.39 is 5.91 Å². The van der Waals surface area contributed by atoms with Crippen LogP contribution in [0.1, 0.15) is 12.0 Å². The molecule has 0 fully saturated rings. The normalized spacial score (nSPS) is 9.75. The van der Waals surface area contributed by atoms with Crippen molar-refractivity contribution in [3.63, 3.8) is 0 Å². The summed E-state index contributed by atoms with van der Waals surface area (Å²) in [7, 11) is 1.48. The minimum absolute atomic E-state index is 0.265. The molecular formula is C14H17ClN2O3. The monoisotopic (exact) mass is 296 g/mol. The predicted molar refractivity (Wildman–Crippen MR) is 79.2 cm³/mol. The number of hydrogen-bond acceptors (Lipinski definition) is 3. The van der Waals surface area contributed by atoms with Gasteiger partial charge in [-0.3, -0.25) is 9.59 Å². The van der Waals surface area contributed by atoms with E-state index in [9.17, 15) is 9.59 Å².